The number of carbonyl (C=O) groups excluding carboxylic acids is 1. The first-order valence-corrected chi connectivity index (χ1v) is 7.57. The van der Waals surface area contributed by atoms with Crippen LogP contribution in [0.2, 0.25) is 0 Å². The Balaban J connectivity index is 2.33. The lowest BCUT2D eigenvalue weighted by Crippen LogP contribution is -2.14. The molecule has 0 spiro atoms. The molecular formula is C15H11Br2NO3. The van der Waals surface area contributed by atoms with Gasteiger partial charge in [0.15, 0.2) is 0 Å². The van der Waals surface area contributed by atoms with E-state index >= 15 is 0 Å². The zero-order valence-electron chi connectivity index (χ0n) is 11.0. The summed E-state index contributed by atoms with van der Waals surface area (Å²) < 4.78 is 1.42. The zero-order valence-corrected chi connectivity index (χ0v) is 14.2. The van der Waals surface area contributed by atoms with Crippen LogP contribution in [0, 0.1) is 6.92 Å². The van der Waals surface area contributed by atoms with Crippen molar-refractivity contribution in [1.29, 1.82) is 0 Å². The first-order valence-electron chi connectivity index (χ1n) is 5.99. The van der Waals surface area contributed by atoms with Crippen molar-refractivity contribution in [2.24, 2.45) is 0 Å². The summed E-state index contributed by atoms with van der Waals surface area (Å²) in [6, 6.07) is 9.88. The lowest BCUT2D eigenvalue weighted by Gasteiger charge is -2.10. The molecule has 0 aliphatic carbocycles. The molecule has 0 saturated carbocycles. The van der Waals surface area contributed by atoms with Crippen molar-refractivity contribution in [2.75, 3.05) is 5.32 Å². The molecule has 0 aromatic heterocycles. The number of anilines is 1. The van der Waals surface area contributed by atoms with Crippen LogP contribution >= 0.6 is 31.9 Å². The Morgan fingerprint density at radius 3 is 2.48 bits per heavy atom. The number of rotatable bonds is 3. The number of nitrogens with one attached hydrogen (secondary N) is 1. The number of benzene rings is 2. The highest BCUT2D eigenvalue weighted by Gasteiger charge is 2.13. The molecule has 2 aromatic rings. The molecule has 0 heterocycles. The Morgan fingerprint density at radius 2 is 1.81 bits per heavy atom. The Hall–Kier alpha value is -1.66. The molecule has 0 fully saturated rings. The summed E-state index contributed by atoms with van der Waals surface area (Å²) in [6.45, 7) is 1.84. The van der Waals surface area contributed by atoms with E-state index in [9.17, 15) is 9.59 Å². The zero-order chi connectivity index (χ0) is 15.6. The van der Waals surface area contributed by atoms with Crippen LogP contribution in [0.5, 0.6) is 0 Å². The third kappa shape index (κ3) is 3.71. The van der Waals surface area contributed by atoms with Gasteiger partial charge in [0.2, 0.25) is 0 Å². The highest BCUT2D eigenvalue weighted by atomic mass is 79.9. The van der Waals surface area contributed by atoms with Gasteiger partial charge in [0.1, 0.15) is 0 Å². The van der Waals surface area contributed by atoms with Gasteiger partial charge in [-0.3, -0.25) is 4.79 Å². The van der Waals surface area contributed by atoms with E-state index in [2.05, 4.69) is 37.2 Å². The van der Waals surface area contributed by atoms with Gasteiger partial charge in [-0.1, -0.05) is 22.0 Å². The maximum atomic E-state index is 12.3. The molecule has 0 saturated heterocycles. The number of halogens is 2. The minimum Gasteiger partial charge on any atom is -0.478 e. The number of carboxylic acid groups (broad SMARTS) is 1. The predicted molar refractivity (Wildman–Crippen MR) is 87.9 cm³/mol. The van der Waals surface area contributed by atoms with E-state index in [0.29, 0.717) is 15.7 Å². The van der Waals surface area contributed by atoms with E-state index in [1.807, 2.05) is 19.1 Å². The minimum atomic E-state index is -1.04. The van der Waals surface area contributed by atoms with Gasteiger partial charge in [-0.05, 0) is 58.7 Å². The van der Waals surface area contributed by atoms with Crippen LogP contribution in [-0.2, 0) is 0 Å². The number of carboxylic acids is 1. The van der Waals surface area contributed by atoms with Crippen LogP contribution in [0.3, 0.4) is 0 Å². The first-order chi connectivity index (χ1) is 9.88. The van der Waals surface area contributed by atoms with Crippen molar-refractivity contribution < 1.29 is 14.7 Å². The summed E-state index contributed by atoms with van der Waals surface area (Å²) in [5.41, 5.74) is 1.89. The van der Waals surface area contributed by atoms with Crippen LogP contribution < -0.4 is 5.32 Å². The summed E-state index contributed by atoms with van der Waals surface area (Å²) in [5.74, 6) is -1.34. The van der Waals surface area contributed by atoms with Gasteiger partial charge in [0, 0.05) is 14.5 Å². The van der Waals surface area contributed by atoms with Crippen LogP contribution in [0.15, 0.2) is 45.3 Å². The Kier molecular flexibility index (Phi) is 4.80. The molecule has 2 N–H and O–H groups in total. The molecule has 1 amide bonds. The van der Waals surface area contributed by atoms with Gasteiger partial charge < -0.3 is 10.4 Å². The second kappa shape index (κ2) is 6.41. The predicted octanol–water partition coefficient (Wildman–Crippen LogP) is 4.47. The van der Waals surface area contributed by atoms with Gasteiger partial charge in [-0.25, -0.2) is 4.79 Å². The summed E-state index contributed by atoms with van der Waals surface area (Å²) in [4.78, 5) is 23.3. The standard InChI is InChI=1S/C15H11Br2NO3/c1-8-2-4-10(16)7-11(8)14(19)18-13-6-9(15(20)21)3-5-12(13)17/h2-7H,1H3,(H,18,19)(H,20,21). The second-order valence-corrected chi connectivity index (χ2v) is 6.18. The summed E-state index contributed by atoms with van der Waals surface area (Å²) >= 11 is 6.62. The molecule has 0 aliphatic rings. The normalized spacial score (nSPS) is 10.2. The number of aromatic carboxylic acids is 1. The topological polar surface area (TPSA) is 66.4 Å². The minimum absolute atomic E-state index is 0.111. The molecule has 2 rings (SSSR count). The third-order valence-electron chi connectivity index (χ3n) is 2.91. The molecular weight excluding hydrogens is 402 g/mol. The van der Waals surface area contributed by atoms with E-state index in [4.69, 9.17) is 5.11 Å². The van der Waals surface area contributed by atoms with Gasteiger partial charge in [-0.15, -0.1) is 0 Å². The fourth-order valence-corrected chi connectivity index (χ4v) is 2.49. The fraction of sp³-hybridized carbons (Fsp3) is 0.0667. The Morgan fingerprint density at radius 1 is 1.10 bits per heavy atom. The lowest BCUT2D eigenvalue weighted by molar-refractivity contribution is 0.0696. The van der Waals surface area contributed by atoms with Crippen LogP contribution in [0.1, 0.15) is 26.3 Å². The average molecular weight is 413 g/mol. The molecule has 6 heteroatoms. The quantitative estimate of drug-likeness (QED) is 0.781. The van der Waals surface area contributed by atoms with Crippen LogP contribution in [0.25, 0.3) is 0 Å². The molecule has 0 atom stereocenters. The van der Waals surface area contributed by atoms with E-state index in [-0.39, 0.29) is 11.5 Å². The second-order valence-electron chi connectivity index (χ2n) is 4.41. The van der Waals surface area contributed by atoms with Crippen molar-refractivity contribution in [2.45, 2.75) is 6.92 Å². The number of amides is 1. The molecule has 0 unspecified atom stereocenters. The number of hydrogen-bond donors (Lipinski definition) is 2. The van der Waals surface area contributed by atoms with E-state index in [1.54, 1.807) is 12.1 Å². The lowest BCUT2D eigenvalue weighted by atomic mass is 10.1. The number of hydrogen-bond acceptors (Lipinski definition) is 2. The average Bonchev–Trinajstić information content (AvgIpc) is 2.43. The largest absolute Gasteiger partial charge is 0.478 e. The Bertz CT molecular complexity index is 729. The fourth-order valence-electron chi connectivity index (χ4n) is 1.78. The summed E-state index contributed by atoms with van der Waals surface area (Å²) in [7, 11) is 0. The molecule has 4 nitrogen and oxygen atoms in total. The SMILES string of the molecule is Cc1ccc(Br)cc1C(=O)Nc1cc(C(=O)O)ccc1Br. The third-order valence-corrected chi connectivity index (χ3v) is 4.09. The van der Waals surface area contributed by atoms with Gasteiger partial charge in [-0.2, -0.15) is 0 Å². The maximum absolute atomic E-state index is 12.3. The van der Waals surface area contributed by atoms with Gasteiger partial charge >= 0.3 is 5.97 Å². The maximum Gasteiger partial charge on any atom is 0.335 e. The van der Waals surface area contributed by atoms with Crippen LogP contribution in [-0.4, -0.2) is 17.0 Å². The smallest absolute Gasteiger partial charge is 0.335 e. The monoisotopic (exact) mass is 411 g/mol. The van der Waals surface area contributed by atoms with Crippen molar-refractivity contribution in [3.8, 4) is 0 Å². The van der Waals surface area contributed by atoms with Gasteiger partial charge in [0.25, 0.3) is 5.91 Å². The van der Waals surface area contributed by atoms with Crippen molar-refractivity contribution in [3.63, 3.8) is 0 Å². The van der Waals surface area contributed by atoms with Crippen molar-refractivity contribution in [3.05, 3.63) is 62.0 Å². The summed E-state index contributed by atoms with van der Waals surface area (Å²) in [6.07, 6.45) is 0. The number of carbonyl (C=O) groups is 2. The van der Waals surface area contributed by atoms with Gasteiger partial charge in [0.05, 0.1) is 11.3 Å². The molecule has 21 heavy (non-hydrogen) atoms. The first kappa shape index (κ1) is 15.7. The van der Waals surface area contributed by atoms with Crippen molar-refractivity contribution in [1.82, 2.24) is 0 Å². The van der Waals surface area contributed by atoms with E-state index in [1.165, 1.54) is 12.1 Å². The molecule has 108 valence electrons. The molecule has 2 aromatic carbocycles. The molecule has 0 bridgehead atoms. The highest BCUT2D eigenvalue weighted by Crippen LogP contribution is 2.25. The number of aryl methyl sites for hydroxylation is 1. The summed E-state index contributed by atoms with van der Waals surface area (Å²) in [5, 5.41) is 11.7. The highest BCUT2D eigenvalue weighted by molar-refractivity contribution is 9.10. The molecule has 0 radical (unpaired) electrons. The van der Waals surface area contributed by atoms with Crippen LogP contribution in [0.4, 0.5) is 5.69 Å². The van der Waals surface area contributed by atoms with E-state index in [0.717, 1.165) is 10.0 Å². The van der Waals surface area contributed by atoms with E-state index < -0.39 is 5.97 Å². The van der Waals surface area contributed by atoms with Crippen molar-refractivity contribution >= 4 is 49.4 Å². The Labute approximate surface area is 138 Å². The molecule has 0 aliphatic heterocycles.